The first-order chi connectivity index (χ1) is 11.6. The Hall–Kier alpha value is -2.37. The van der Waals surface area contributed by atoms with Gasteiger partial charge in [0.05, 0.1) is 0 Å². The highest BCUT2D eigenvalue weighted by molar-refractivity contribution is 6.34. The molecule has 2 rings (SSSR count). The number of nitrogens with zero attached hydrogens (tertiary/aromatic N) is 2. The summed E-state index contributed by atoms with van der Waals surface area (Å²) in [5, 5.41) is 2.65. The third kappa shape index (κ3) is 5.08. The Morgan fingerprint density at radius 1 is 1.25 bits per heavy atom. The van der Waals surface area contributed by atoms with Crippen LogP contribution in [0.25, 0.3) is 0 Å². The molecule has 6 heteroatoms. The van der Waals surface area contributed by atoms with Crippen molar-refractivity contribution in [2.75, 3.05) is 26.2 Å². The van der Waals surface area contributed by atoms with Crippen LogP contribution in [0.4, 0.5) is 0 Å². The fourth-order valence-electron chi connectivity index (χ4n) is 2.76. The van der Waals surface area contributed by atoms with Gasteiger partial charge in [0, 0.05) is 39.1 Å². The summed E-state index contributed by atoms with van der Waals surface area (Å²) in [5.74, 6) is -0.920. The van der Waals surface area contributed by atoms with E-state index in [9.17, 15) is 14.4 Å². The Morgan fingerprint density at radius 2 is 2.00 bits per heavy atom. The summed E-state index contributed by atoms with van der Waals surface area (Å²) in [5.41, 5.74) is 0.994. The molecule has 130 valence electrons. The zero-order valence-electron chi connectivity index (χ0n) is 14.2. The summed E-state index contributed by atoms with van der Waals surface area (Å²) in [6.45, 7) is 4.58. The molecule has 6 nitrogen and oxygen atoms in total. The molecule has 0 radical (unpaired) electrons. The standard InChI is InChI=1S/C18H25N3O3/c1-2-20(14-15-8-4-3-5-9-15)18(24)17(23)19-11-7-13-21-12-6-10-16(21)22/h3-5,8-9H,2,6-7,10-14H2,1H3,(H,19,23). The SMILES string of the molecule is CCN(Cc1ccccc1)C(=O)C(=O)NCCCN1CCCC1=O. The third-order valence-corrected chi connectivity index (χ3v) is 4.14. The van der Waals surface area contributed by atoms with Crippen LogP contribution in [-0.2, 0) is 20.9 Å². The van der Waals surface area contributed by atoms with Crippen LogP contribution in [0.1, 0.15) is 31.7 Å². The summed E-state index contributed by atoms with van der Waals surface area (Å²) in [7, 11) is 0. The predicted molar refractivity (Wildman–Crippen MR) is 91.0 cm³/mol. The lowest BCUT2D eigenvalue weighted by molar-refractivity contribution is -0.146. The first-order valence-electron chi connectivity index (χ1n) is 8.50. The van der Waals surface area contributed by atoms with E-state index in [0.717, 1.165) is 18.5 Å². The normalized spacial score (nSPS) is 13.9. The van der Waals surface area contributed by atoms with E-state index in [1.807, 2.05) is 42.2 Å². The molecular weight excluding hydrogens is 306 g/mol. The van der Waals surface area contributed by atoms with Crippen molar-refractivity contribution >= 4 is 17.7 Å². The smallest absolute Gasteiger partial charge is 0.312 e. The molecule has 1 aromatic rings. The predicted octanol–water partition coefficient (Wildman–Crippen LogP) is 1.16. The van der Waals surface area contributed by atoms with E-state index in [1.54, 1.807) is 0 Å². The van der Waals surface area contributed by atoms with Gasteiger partial charge in [0.1, 0.15) is 0 Å². The second-order valence-corrected chi connectivity index (χ2v) is 5.90. The lowest BCUT2D eigenvalue weighted by Crippen LogP contribution is -2.43. The highest BCUT2D eigenvalue weighted by Gasteiger charge is 2.21. The molecular formula is C18H25N3O3. The van der Waals surface area contributed by atoms with Crippen LogP contribution in [-0.4, -0.2) is 53.7 Å². The van der Waals surface area contributed by atoms with Gasteiger partial charge in [-0.05, 0) is 25.3 Å². The number of rotatable bonds is 7. The van der Waals surface area contributed by atoms with Gasteiger partial charge < -0.3 is 15.1 Å². The first kappa shape index (κ1) is 18.0. The number of hydrogen-bond donors (Lipinski definition) is 1. The fraction of sp³-hybridized carbons (Fsp3) is 0.500. The molecule has 0 saturated carbocycles. The van der Waals surface area contributed by atoms with Gasteiger partial charge in [0.25, 0.3) is 0 Å². The quantitative estimate of drug-likeness (QED) is 0.602. The van der Waals surface area contributed by atoms with E-state index in [4.69, 9.17) is 0 Å². The van der Waals surface area contributed by atoms with E-state index in [0.29, 0.717) is 39.0 Å². The number of carbonyl (C=O) groups excluding carboxylic acids is 3. The van der Waals surface area contributed by atoms with Crippen molar-refractivity contribution in [1.82, 2.24) is 15.1 Å². The van der Waals surface area contributed by atoms with Gasteiger partial charge in [-0.2, -0.15) is 0 Å². The number of hydrogen-bond acceptors (Lipinski definition) is 3. The van der Waals surface area contributed by atoms with Crippen LogP contribution in [0, 0.1) is 0 Å². The molecule has 0 unspecified atom stereocenters. The summed E-state index contributed by atoms with van der Waals surface area (Å²) in [6, 6.07) is 9.60. The molecule has 0 aliphatic carbocycles. The van der Waals surface area contributed by atoms with E-state index < -0.39 is 11.8 Å². The van der Waals surface area contributed by atoms with E-state index in [1.165, 1.54) is 4.90 Å². The van der Waals surface area contributed by atoms with Crippen molar-refractivity contribution in [2.45, 2.75) is 32.7 Å². The van der Waals surface area contributed by atoms with Gasteiger partial charge in [-0.25, -0.2) is 0 Å². The minimum atomic E-state index is -0.583. The maximum Gasteiger partial charge on any atom is 0.312 e. The van der Waals surface area contributed by atoms with E-state index >= 15 is 0 Å². The summed E-state index contributed by atoms with van der Waals surface area (Å²) in [6.07, 6.45) is 2.19. The van der Waals surface area contributed by atoms with Gasteiger partial charge >= 0.3 is 11.8 Å². The number of benzene rings is 1. The van der Waals surface area contributed by atoms with Crippen molar-refractivity contribution in [3.63, 3.8) is 0 Å². The van der Waals surface area contributed by atoms with Crippen LogP contribution in [0.15, 0.2) is 30.3 Å². The van der Waals surface area contributed by atoms with Crippen molar-refractivity contribution in [3.05, 3.63) is 35.9 Å². The highest BCUT2D eigenvalue weighted by Crippen LogP contribution is 2.09. The molecule has 3 amide bonds. The first-order valence-corrected chi connectivity index (χ1v) is 8.50. The Kier molecular flexibility index (Phi) is 6.78. The zero-order chi connectivity index (χ0) is 17.4. The summed E-state index contributed by atoms with van der Waals surface area (Å²) < 4.78 is 0. The third-order valence-electron chi connectivity index (χ3n) is 4.14. The number of likely N-dealkylation sites (N-methyl/N-ethyl adjacent to an activating group) is 1. The molecule has 0 aromatic heterocycles. The summed E-state index contributed by atoms with van der Waals surface area (Å²) in [4.78, 5) is 39.1. The van der Waals surface area contributed by atoms with Crippen molar-refractivity contribution < 1.29 is 14.4 Å². The van der Waals surface area contributed by atoms with Gasteiger partial charge in [-0.3, -0.25) is 14.4 Å². The van der Waals surface area contributed by atoms with Crippen LogP contribution in [0.2, 0.25) is 0 Å². The van der Waals surface area contributed by atoms with Crippen LogP contribution < -0.4 is 5.32 Å². The molecule has 0 bridgehead atoms. The Morgan fingerprint density at radius 3 is 2.62 bits per heavy atom. The zero-order valence-corrected chi connectivity index (χ0v) is 14.2. The second-order valence-electron chi connectivity index (χ2n) is 5.90. The molecule has 1 fully saturated rings. The average molecular weight is 331 g/mol. The average Bonchev–Trinajstić information content (AvgIpc) is 3.01. The largest absolute Gasteiger partial charge is 0.348 e. The Labute approximate surface area is 142 Å². The highest BCUT2D eigenvalue weighted by atomic mass is 16.2. The van der Waals surface area contributed by atoms with Crippen LogP contribution in [0.3, 0.4) is 0 Å². The van der Waals surface area contributed by atoms with Crippen molar-refractivity contribution in [3.8, 4) is 0 Å². The van der Waals surface area contributed by atoms with Crippen LogP contribution in [0.5, 0.6) is 0 Å². The molecule has 1 aliphatic rings. The molecule has 1 aromatic carbocycles. The fourth-order valence-corrected chi connectivity index (χ4v) is 2.76. The van der Waals surface area contributed by atoms with Crippen LogP contribution >= 0.6 is 0 Å². The number of amides is 3. The molecule has 1 aliphatic heterocycles. The molecule has 0 atom stereocenters. The van der Waals surface area contributed by atoms with Gasteiger partial charge in [-0.1, -0.05) is 30.3 Å². The number of nitrogens with one attached hydrogen (secondary N) is 1. The molecule has 0 spiro atoms. The maximum atomic E-state index is 12.2. The second kappa shape index (κ2) is 9.05. The molecule has 24 heavy (non-hydrogen) atoms. The van der Waals surface area contributed by atoms with E-state index in [2.05, 4.69) is 5.32 Å². The number of carbonyl (C=O) groups is 3. The molecule has 1 saturated heterocycles. The Balaban J connectivity index is 1.73. The van der Waals surface area contributed by atoms with Gasteiger partial charge in [0.2, 0.25) is 5.91 Å². The lowest BCUT2D eigenvalue weighted by Gasteiger charge is -2.20. The molecule has 1 N–H and O–H groups in total. The van der Waals surface area contributed by atoms with E-state index in [-0.39, 0.29) is 5.91 Å². The minimum absolute atomic E-state index is 0.178. The van der Waals surface area contributed by atoms with Gasteiger partial charge in [-0.15, -0.1) is 0 Å². The van der Waals surface area contributed by atoms with Gasteiger partial charge in [0.15, 0.2) is 0 Å². The summed E-state index contributed by atoms with van der Waals surface area (Å²) >= 11 is 0. The number of likely N-dealkylation sites (tertiary alicyclic amines) is 1. The minimum Gasteiger partial charge on any atom is -0.348 e. The topological polar surface area (TPSA) is 69.7 Å². The van der Waals surface area contributed by atoms with Crippen molar-refractivity contribution in [1.29, 1.82) is 0 Å². The Bertz CT molecular complexity index is 574. The monoisotopic (exact) mass is 331 g/mol. The van der Waals surface area contributed by atoms with Crippen molar-refractivity contribution in [2.24, 2.45) is 0 Å². The lowest BCUT2D eigenvalue weighted by atomic mass is 10.2. The molecule has 1 heterocycles. The maximum absolute atomic E-state index is 12.2.